The number of nitrogens with zero attached hydrogens (tertiary/aromatic N) is 1. The summed E-state index contributed by atoms with van der Waals surface area (Å²) in [5.74, 6) is -0.146. The standard InChI is InChI=1S/C17H27FN2/c1-13(2)20-9-7-17(4,8-10-20)19-12-15-11-16(18)6-5-14(15)3/h5-6,11,13,19H,7-10,12H2,1-4H3. The van der Waals surface area contributed by atoms with Gasteiger partial charge in [-0.2, -0.15) is 0 Å². The third-order valence-corrected chi connectivity index (χ3v) is 4.65. The normalized spacial score (nSPS) is 19.5. The fraction of sp³-hybridized carbons (Fsp3) is 0.647. The number of benzene rings is 1. The Morgan fingerprint density at radius 3 is 2.55 bits per heavy atom. The Hall–Kier alpha value is -0.930. The number of aryl methyl sites for hydroxylation is 1. The van der Waals surface area contributed by atoms with Gasteiger partial charge in [-0.1, -0.05) is 6.07 Å². The van der Waals surface area contributed by atoms with Gasteiger partial charge in [-0.3, -0.25) is 0 Å². The molecule has 1 aliphatic heterocycles. The zero-order chi connectivity index (χ0) is 14.8. The predicted molar refractivity (Wildman–Crippen MR) is 82.3 cm³/mol. The molecule has 0 amide bonds. The average Bonchev–Trinajstić information content (AvgIpc) is 2.40. The van der Waals surface area contributed by atoms with E-state index in [1.807, 2.05) is 13.0 Å². The molecule has 1 aromatic rings. The maximum absolute atomic E-state index is 13.3. The Bertz CT molecular complexity index is 448. The smallest absolute Gasteiger partial charge is 0.123 e. The molecule has 0 unspecified atom stereocenters. The van der Waals surface area contributed by atoms with E-state index in [9.17, 15) is 4.39 Å². The molecule has 1 fully saturated rings. The summed E-state index contributed by atoms with van der Waals surface area (Å²) in [6, 6.07) is 5.66. The maximum atomic E-state index is 13.3. The third kappa shape index (κ3) is 3.80. The molecule has 0 aromatic heterocycles. The van der Waals surface area contributed by atoms with Crippen molar-refractivity contribution in [3.63, 3.8) is 0 Å². The van der Waals surface area contributed by atoms with Crippen LogP contribution in [0, 0.1) is 12.7 Å². The largest absolute Gasteiger partial charge is 0.307 e. The van der Waals surface area contributed by atoms with Gasteiger partial charge in [0, 0.05) is 31.2 Å². The van der Waals surface area contributed by atoms with Gasteiger partial charge in [-0.05, 0) is 63.8 Å². The molecule has 1 aliphatic rings. The van der Waals surface area contributed by atoms with E-state index in [-0.39, 0.29) is 11.4 Å². The van der Waals surface area contributed by atoms with Crippen molar-refractivity contribution in [2.75, 3.05) is 13.1 Å². The lowest BCUT2D eigenvalue weighted by atomic mass is 9.88. The summed E-state index contributed by atoms with van der Waals surface area (Å²) in [6.07, 6.45) is 2.30. The van der Waals surface area contributed by atoms with Crippen LogP contribution in [0.4, 0.5) is 4.39 Å². The Kier molecular flexibility index (Phi) is 4.82. The Labute approximate surface area is 122 Å². The Morgan fingerprint density at radius 2 is 1.95 bits per heavy atom. The SMILES string of the molecule is Cc1ccc(F)cc1CNC1(C)CCN(C(C)C)CC1. The first-order valence-corrected chi connectivity index (χ1v) is 7.64. The predicted octanol–water partition coefficient (Wildman–Crippen LogP) is 3.49. The van der Waals surface area contributed by atoms with Crippen LogP contribution < -0.4 is 5.32 Å². The van der Waals surface area contributed by atoms with E-state index in [1.165, 1.54) is 6.07 Å². The molecule has 20 heavy (non-hydrogen) atoms. The third-order valence-electron chi connectivity index (χ3n) is 4.65. The monoisotopic (exact) mass is 278 g/mol. The first-order valence-electron chi connectivity index (χ1n) is 7.64. The summed E-state index contributed by atoms with van der Waals surface area (Å²) < 4.78 is 13.3. The molecule has 0 aliphatic carbocycles. The van der Waals surface area contributed by atoms with E-state index in [1.54, 1.807) is 6.07 Å². The molecular weight excluding hydrogens is 251 g/mol. The number of likely N-dealkylation sites (tertiary alicyclic amines) is 1. The van der Waals surface area contributed by atoms with Crippen LogP contribution in [-0.2, 0) is 6.54 Å². The topological polar surface area (TPSA) is 15.3 Å². The minimum atomic E-state index is -0.146. The van der Waals surface area contributed by atoms with Crippen LogP contribution in [0.15, 0.2) is 18.2 Å². The van der Waals surface area contributed by atoms with Gasteiger partial charge in [-0.25, -0.2) is 4.39 Å². The molecule has 112 valence electrons. The molecule has 0 spiro atoms. The Balaban J connectivity index is 1.92. The van der Waals surface area contributed by atoms with E-state index in [4.69, 9.17) is 0 Å². The highest BCUT2D eigenvalue weighted by Gasteiger charge is 2.30. The second-order valence-corrected chi connectivity index (χ2v) is 6.61. The van der Waals surface area contributed by atoms with Crippen LogP contribution in [0.2, 0.25) is 0 Å². The minimum Gasteiger partial charge on any atom is -0.307 e. The highest BCUT2D eigenvalue weighted by atomic mass is 19.1. The molecule has 1 N–H and O–H groups in total. The zero-order valence-electron chi connectivity index (χ0n) is 13.2. The first kappa shape index (κ1) is 15.5. The summed E-state index contributed by atoms with van der Waals surface area (Å²) in [7, 11) is 0. The summed E-state index contributed by atoms with van der Waals surface area (Å²) >= 11 is 0. The average molecular weight is 278 g/mol. The van der Waals surface area contributed by atoms with Gasteiger partial charge in [0.15, 0.2) is 0 Å². The van der Waals surface area contributed by atoms with Crippen LogP contribution in [0.25, 0.3) is 0 Å². The van der Waals surface area contributed by atoms with Crippen molar-refractivity contribution >= 4 is 0 Å². The summed E-state index contributed by atoms with van der Waals surface area (Å²) in [4.78, 5) is 2.52. The van der Waals surface area contributed by atoms with Crippen LogP contribution >= 0.6 is 0 Å². The van der Waals surface area contributed by atoms with Gasteiger partial charge in [-0.15, -0.1) is 0 Å². The highest BCUT2D eigenvalue weighted by molar-refractivity contribution is 5.26. The molecule has 3 heteroatoms. The van der Waals surface area contributed by atoms with Crippen molar-refractivity contribution in [1.29, 1.82) is 0 Å². The first-order chi connectivity index (χ1) is 9.39. The summed E-state index contributed by atoms with van der Waals surface area (Å²) in [5.41, 5.74) is 2.39. The van der Waals surface area contributed by atoms with E-state index in [2.05, 4.69) is 31.0 Å². The number of hydrogen-bond donors (Lipinski definition) is 1. The van der Waals surface area contributed by atoms with Gasteiger partial charge < -0.3 is 10.2 Å². The molecule has 1 aromatic carbocycles. The second kappa shape index (κ2) is 6.23. The lowest BCUT2D eigenvalue weighted by Gasteiger charge is -2.42. The molecule has 1 saturated heterocycles. The van der Waals surface area contributed by atoms with E-state index in [0.717, 1.165) is 43.6 Å². The van der Waals surface area contributed by atoms with Crippen molar-refractivity contribution in [2.24, 2.45) is 0 Å². The van der Waals surface area contributed by atoms with Crippen LogP contribution in [0.1, 0.15) is 44.7 Å². The molecule has 0 saturated carbocycles. The van der Waals surface area contributed by atoms with Crippen molar-refractivity contribution in [3.8, 4) is 0 Å². The molecule has 2 rings (SSSR count). The maximum Gasteiger partial charge on any atom is 0.123 e. The van der Waals surface area contributed by atoms with Crippen molar-refractivity contribution in [3.05, 3.63) is 35.1 Å². The molecular formula is C17H27FN2. The summed E-state index contributed by atoms with van der Waals surface area (Å²) in [5, 5.41) is 3.65. The number of halogens is 1. The summed E-state index contributed by atoms with van der Waals surface area (Å²) in [6.45, 7) is 11.9. The molecule has 0 radical (unpaired) electrons. The lowest BCUT2D eigenvalue weighted by Crippen LogP contribution is -2.52. The van der Waals surface area contributed by atoms with Gasteiger partial charge in [0.1, 0.15) is 5.82 Å². The number of piperidine rings is 1. The number of hydrogen-bond acceptors (Lipinski definition) is 2. The molecule has 0 atom stereocenters. The van der Waals surface area contributed by atoms with Gasteiger partial charge in [0.2, 0.25) is 0 Å². The van der Waals surface area contributed by atoms with Crippen molar-refractivity contribution in [2.45, 2.75) is 58.7 Å². The number of nitrogens with one attached hydrogen (secondary N) is 1. The van der Waals surface area contributed by atoms with E-state index >= 15 is 0 Å². The molecule has 2 nitrogen and oxygen atoms in total. The fourth-order valence-corrected chi connectivity index (χ4v) is 2.85. The van der Waals surface area contributed by atoms with Gasteiger partial charge >= 0.3 is 0 Å². The van der Waals surface area contributed by atoms with Crippen LogP contribution in [-0.4, -0.2) is 29.6 Å². The minimum absolute atomic E-state index is 0.146. The fourth-order valence-electron chi connectivity index (χ4n) is 2.85. The van der Waals surface area contributed by atoms with E-state index < -0.39 is 0 Å². The van der Waals surface area contributed by atoms with Gasteiger partial charge in [0.25, 0.3) is 0 Å². The van der Waals surface area contributed by atoms with Crippen molar-refractivity contribution in [1.82, 2.24) is 10.2 Å². The zero-order valence-corrected chi connectivity index (χ0v) is 13.2. The lowest BCUT2D eigenvalue weighted by molar-refractivity contribution is 0.119. The highest BCUT2D eigenvalue weighted by Crippen LogP contribution is 2.24. The Morgan fingerprint density at radius 1 is 1.30 bits per heavy atom. The molecule has 0 bridgehead atoms. The number of rotatable bonds is 4. The van der Waals surface area contributed by atoms with Crippen LogP contribution in [0.3, 0.4) is 0 Å². The molecule has 1 heterocycles. The van der Waals surface area contributed by atoms with Crippen LogP contribution in [0.5, 0.6) is 0 Å². The second-order valence-electron chi connectivity index (χ2n) is 6.61. The van der Waals surface area contributed by atoms with Gasteiger partial charge in [0.05, 0.1) is 0 Å². The van der Waals surface area contributed by atoms with Crippen molar-refractivity contribution < 1.29 is 4.39 Å². The quantitative estimate of drug-likeness (QED) is 0.907. The van der Waals surface area contributed by atoms with E-state index in [0.29, 0.717) is 6.04 Å².